The minimum absolute atomic E-state index is 0.0724. The van der Waals surface area contributed by atoms with Crippen LogP contribution in [0, 0.1) is 23.7 Å². The summed E-state index contributed by atoms with van der Waals surface area (Å²) in [4.78, 5) is 23.0. The van der Waals surface area contributed by atoms with Gasteiger partial charge in [0, 0.05) is 18.8 Å². The summed E-state index contributed by atoms with van der Waals surface area (Å²) in [6.07, 6.45) is 6.45. The van der Waals surface area contributed by atoms with Gasteiger partial charge in [0.15, 0.2) is 0 Å². The molecular weight excluding hydrogens is 388 g/mol. The summed E-state index contributed by atoms with van der Waals surface area (Å²) in [5.41, 5.74) is 0.946. The Labute approximate surface area is 177 Å². The number of hydrogen-bond acceptors (Lipinski definition) is 6. The number of fused-ring (bicyclic) bond motifs is 1. The zero-order valence-corrected chi connectivity index (χ0v) is 17.9. The monoisotopic (exact) mass is 422 g/mol. The van der Waals surface area contributed by atoms with E-state index in [1.165, 1.54) is 0 Å². The summed E-state index contributed by atoms with van der Waals surface area (Å²) >= 11 is 0. The van der Waals surface area contributed by atoms with Crippen LogP contribution in [0.2, 0.25) is 0 Å². The number of carboxylic acid groups (broad SMARTS) is 1. The highest BCUT2D eigenvalue weighted by Gasteiger charge is 2.42. The van der Waals surface area contributed by atoms with E-state index in [1.807, 2.05) is 26.0 Å². The molecule has 168 valence electrons. The fourth-order valence-corrected chi connectivity index (χ4v) is 4.35. The second-order valence-electron chi connectivity index (χ2n) is 8.57. The number of allylic oxidation sites excluding steroid dienone is 2. The van der Waals surface area contributed by atoms with Gasteiger partial charge < -0.3 is 25.2 Å². The number of aliphatic hydroxyl groups is 3. The van der Waals surface area contributed by atoms with Gasteiger partial charge in [-0.25, -0.2) is 4.79 Å². The lowest BCUT2D eigenvalue weighted by Gasteiger charge is -2.43. The van der Waals surface area contributed by atoms with Crippen molar-refractivity contribution < 1.29 is 34.8 Å². The summed E-state index contributed by atoms with van der Waals surface area (Å²) in [6.45, 7) is 5.83. The molecule has 0 amide bonds. The van der Waals surface area contributed by atoms with E-state index in [4.69, 9.17) is 9.84 Å². The molecule has 0 unspecified atom stereocenters. The van der Waals surface area contributed by atoms with Crippen LogP contribution in [-0.4, -0.2) is 50.7 Å². The molecule has 0 bridgehead atoms. The maximum Gasteiger partial charge on any atom is 0.331 e. The van der Waals surface area contributed by atoms with Gasteiger partial charge in [0.2, 0.25) is 0 Å². The Morgan fingerprint density at radius 1 is 1.33 bits per heavy atom. The molecule has 7 atom stereocenters. The summed E-state index contributed by atoms with van der Waals surface area (Å²) in [5, 5.41) is 38.8. The standard InChI is InChI=1S/C23H34O7/c1-4-13(2)23(29)30-20-11-17(25)9-15-6-5-14(3)19(22(15)20)8-7-16(24)10-18(26)12-21(27)28/h5-6,9,12-14,16-17,19-20,22,24-26H,4,7-8,10-11H2,1-3H3,(H,27,28)/t13-,14-,16+,17+,19-,20-,22-/m0/s1. The Hall–Kier alpha value is -2.12. The van der Waals surface area contributed by atoms with Crippen molar-refractivity contribution in [3.05, 3.63) is 35.6 Å². The first-order chi connectivity index (χ1) is 14.1. The van der Waals surface area contributed by atoms with Gasteiger partial charge in [-0.2, -0.15) is 0 Å². The Balaban J connectivity index is 2.13. The highest BCUT2D eigenvalue weighted by molar-refractivity contribution is 5.80. The number of ether oxygens (including phenoxy) is 1. The van der Waals surface area contributed by atoms with Crippen molar-refractivity contribution in [2.45, 2.75) is 71.2 Å². The Morgan fingerprint density at radius 2 is 2.03 bits per heavy atom. The number of hydrogen-bond donors (Lipinski definition) is 4. The molecule has 0 saturated heterocycles. The van der Waals surface area contributed by atoms with Crippen LogP contribution in [0.15, 0.2) is 35.6 Å². The number of esters is 1. The van der Waals surface area contributed by atoms with Crippen molar-refractivity contribution in [3.63, 3.8) is 0 Å². The largest absolute Gasteiger partial charge is 0.512 e. The quantitative estimate of drug-likeness (QED) is 0.256. The van der Waals surface area contributed by atoms with Crippen LogP contribution in [-0.2, 0) is 14.3 Å². The van der Waals surface area contributed by atoms with Crippen LogP contribution < -0.4 is 0 Å². The van der Waals surface area contributed by atoms with Gasteiger partial charge in [0.1, 0.15) is 11.9 Å². The molecule has 2 rings (SSSR count). The fourth-order valence-electron chi connectivity index (χ4n) is 4.35. The summed E-state index contributed by atoms with van der Waals surface area (Å²) in [5.74, 6) is -1.90. The van der Waals surface area contributed by atoms with Crippen molar-refractivity contribution in [1.29, 1.82) is 0 Å². The average molecular weight is 423 g/mol. The number of carboxylic acids is 1. The van der Waals surface area contributed by atoms with Crippen LogP contribution in [0.1, 0.15) is 52.9 Å². The van der Waals surface area contributed by atoms with Gasteiger partial charge >= 0.3 is 11.9 Å². The topological polar surface area (TPSA) is 124 Å². The lowest BCUT2D eigenvalue weighted by molar-refractivity contribution is -0.159. The summed E-state index contributed by atoms with van der Waals surface area (Å²) in [6, 6.07) is 0. The van der Waals surface area contributed by atoms with Gasteiger partial charge in [-0.15, -0.1) is 0 Å². The third kappa shape index (κ3) is 6.44. The number of rotatable bonds is 9. The van der Waals surface area contributed by atoms with Gasteiger partial charge in [-0.05, 0) is 36.7 Å². The predicted octanol–water partition coefficient (Wildman–Crippen LogP) is 3.13. The molecule has 0 saturated carbocycles. The molecule has 2 aliphatic carbocycles. The molecule has 7 nitrogen and oxygen atoms in total. The summed E-state index contributed by atoms with van der Waals surface area (Å²) < 4.78 is 5.83. The third-order valence-corrected chi connectivity index (χ3v) is 6.22. The first kappa shape index (κ1) is 24.2. The molecule has 0 aromatic heterocycles. The second kappa shape index (κ2) is 10.8. The van der Waals surface area contributed by atoms with Crippen molar-refractivity contribution in [1.82, 2.24) is 0 Å². The highest BCUT2D eigenvalue weighted by atomic mass is 16.5. The van der Waals surface area contributed by atoms with E-state index in [2.05, 4.69) is 13.0 Å². The van der Waals surface area contributed by atoms with Crippen molar-refractivity contribution in [3.8, 4) is 0 Å². The molecule has 30 heavy (non-hydrogen) atoms. The van der Waals surface area contributed by atoms with Crippen LogP contribution in [0.5, 0.6) is 0 Å². The lowest BCUT2D eigenvalue weighted by atomic mass is 9.66. The zero-order chi connectivity index (χ0) is 22.4. The van der Waals surface area contributed by atoms with Crippen LogP contribution in [0.25, 0.3) is 0 Å². The van der Waals surface area contributed by atoms with Gasteiger partial charge in [-0.3, -0.25) is 4.79 Å². The van der Waals surface area contributed by atoms with E-state index in [0.29, 0.717) is 31.8 Å². The minimum atomic E-state index is -1.26. The maximum atomic E-state index is 12.4. The van der Waals surface area contributed by atoms with Gasteiger partial charge in [0.05, 0.1) is 24.2 Å². The Bertz CT molecular complexity index is 708. The molecule has 4 N–H and O–H groups in total. The number of aliphatic hydroxyl groups excluding tert-OH is 3. The van der Waals surface area contributed by atoms with Crippen molar-refractivity contribution in [2.75, 3.05) is 0 Å². The second-order valence-corrected chi connectivity index (χ2v) is 8.57. The van der Waals surface area contributed by atoms with Gasteiger partial charge in [0.25, 0.3) is 0 Å². The zero-order valence-electron chi connectivity index (χ0n) is 17.9. The molecule has 0 heterocycles. The lowest BCUT2D eigenvalue weighted by Crippen LogP contribution is -2.43. The summed E-state index contributed by atoms with van der Waals surface area (Å²) in [7, 11) is 0. The van der Waals surface area contributed by atoms with E-state index in [-0.39, 0.29) is 41.8 Å². The minimum Gasteiger partial charge on any atom is -0.512 e. The third-order valence-electron chi connectivity index (χ3n) is 6.22. The number of carbonyl (C=O) groups is 2. The van der Waals surface area contributed by atoms with Gasteiger partial charge in [-0.1, -0.05) is 39.0 Å². The SMILES string of the molecule is CC[C@H](C)C(=O)O[C@H]1C[C@H](O)C=C2C=C[C@H](C)[C@H](CC[C@@H](O)CC(O)=CC(=O)O)[C@H]21. The average Bonchev–Trinajstić information content (AvgIpc) is 2.65. The number of aliphatic carboxylic acids is 1. The smallest absolute Gasteiger partial charge is 0.331 e. The first-order valence-electron chi connectivity index (χ1n) is 10.7. The first-order valence-corrected chi connectivity index (χ1v) is 10.7. The molecule has 0 spiro atoms. The molecular formula is C23H34O7. The van der Waals surface area contributed by atoms with E-state index in [9.17, 15) is 24.9 Å². The predicted molar refractivity (Wildman–Crippen MR) is 112 cm³/mol. The van der Waals surface area contributed by atoms with Crippen LogP contribution >= 0.6 is 0 Å². The molecule has 2 aliphatic rings. The maximum absolute atomic E-state index is 12.4. The molecule has 0 aromatic rings. The Kier molecular flexibility index (Phi) is 8.67. The van der Waals surface area contributed by atoms with Crippen molar-refractivity contribution >= 4 is 11.9 Å². The van der Waals surface area contributed by atoms with E-state index >= 15 is 0 Å². The molecule has 0 aromatic carbocycles. The molecule has 0 aliphatic heterocycles. The normalized spacial score (nSPS) is 30.8. The number of carbonyl (C=O) groups excluding carboxylic acids is 1. The highest BCUT2D eigenvalue weighted by Crippen LogP contribution is 2.44. The molecule has 7 heteroatoms. The molecule has 0 fully saturated rings. The van der Waals surface area contributed by atoms with Crippen LogP contribution in [0.3, 0.4) is 0 Å². The molecule has 0 radical (unpaired) electrons. The van der Waals surface area contributed by atoms with Crippen LogP contribution in [0.4, 0.5) is 0 Å². The van der Waals surface area contributed by atoms with Crippen molar-refractivity contribution in [2.24, 2.45) is 23.7 Å². The van der Waals surface area contributed by atoms with E-state index in [0.717, 1.165) is 5.57 Å². The Morgan fingerprint density at radius 3 is 2.67 bits per heavy atom. The van der Waals surface area contributed by atoms with E-state index < -0.39 is 24.3 Å². The van der Waals surface area contributed by atoms with E-state index in [1.54, 1.807) is 0 Å². The fraction of sp³-hybridized carbons (Fsp3) is 0.652.